The Bertz CT molecular complexity index is 489. The second-order valence-electron chi connectivity index (χ2n) is 3.07. The van der Waals surface area contributed by atoms with Gasteiger partial charge in [0.2, 0.25) is 5.91 Å². The normalized spacial score (nSPS) is 9.71. The van der Waals surface area contributed by atoms with Crippen LogP contribution in [0.3, 0.4) is 0 Å². The fraction of sp³-hybridized carbons (Fsp3) is 0.111. The maximum atomic E-state index is 11.5. The lowest BCUT2D eigenvalue weighted by Crippen LogP contribution is -2.33. The van der Waals surface area contributed by atoms with Crippen LogP contribution in [-0.2, 0) is 4.79 Å². The van der Waals surface area contributed by atoms with Crippen LogP contribution in [0.15, 0.2) is 18.2 Å². The maximum absolute atomic E-state index is 11.5. The van der Waals surface area contributed by atoms with E-state index in [1.54, 1.807) is 0 Å². The largest absolute Gasteiger partial charge is 0.368 e. The minimum atomic E-state index is -0.757. The number of nitro benzene ring substituents is 1. The van der Waals surface area contributed by atoms with Crippen LogP contribution >= 0.6 is 11.6 Å². The highest BCUT2D eigenvalue weighted by molar-refractivity contribution is 6.31. The number of nitro groups is 1. The second kappa shape index (κ2) is 5.26. The van der Waals surface area contributed by atoms with Crippen molar-refractivity contribution in [1.82, 2.24) is 5.32 Å². The molecule has 90 valence electrons. The summed E-state index contributed by atoms with van der Waals surface area (Å²) >= 11 is 5.58. The highest BCUT2D eigenvalue weighted by Crippen LogP contribution is 2.22. The van der Waals surface area contributed by atoms with Crippen LogP contribution in [0, 0.1) is 10.1 Å². The van der Waals surface area contributed by atoms with Crippen LogP contribution in [0.5, 0.6) is 0 Å². The first-order valence-corrected chi connectivity index (χ1v) is 4.80. The summed E-state index contributed by atoms with van der Waals surface area (Å²) in [5.74, 6) is -1.50. The third-order valence-electron chi connectivity index (χ3n) is 1.82. The lowest BCUT2D eigenvalue weighted by molar-refractivity contribution is -0.385. The predicted octanol–water partition coefficient (Wildman–Crippen LogP) is 0.463. The Labute approximate surface area is 101 Å². The van der Waals surface area contributed by atoms with Crippen LogP contribution < -0.4 is 11.1 Å². The number of amides is 2. The SMILES string of the molecule is NC(=O)CNC(=O)c1ccc(Cl)cc1[N+](=O)[O-]. The zero-order valence-electron chi connectivity index (χ0n) is 8.47. The minimum absolute atomic E-state index is 0.142. The number of carbonyl (C=O) groups is 2. The number of rotatable bonds is 4. The molecule has 0 aliphatic carbocycles. The van der Waals surface area contributed by atoms with Crippen LogP contribution in [0.25, 0.3) is 0 Å². The number of nitrogens with two attached hydrogens (primary N) is 1. The number of benzene rings is 1. The highest BCUT2D eigenvalue weighted by Gasteiger charge is 2.20. The summed E-state index contributed by atoms with van der Waals surface area (Å²) in [5, 5.41) is 13.0. The van der Waals surface area contributed by atoms with Crippen LogP contribution in [0.4, 0.5) is 5.69 Å². The first kappa shape index (κ1) is 12.9. The Balaban J connectivity index is 3.00. The average molecular weight is 258 g/mol. The van der Waals surface area contributed by atoms with Crippen molar-refractivity contribution < 1.29 is 14.5 Å². The van der Waals surface area contributed by atoms with E-state index < -0.39 is 29.0 Å². The number of hydrogen-bond donors (Lipinski definition) is 2. The van der Waals surface area contributed by atoms with Gasteiger partial charge in [0.15, 0.2) is 0 Å². The van der Waals surface area contributed by atoms with E-state index in [9.17, 15) is 19.7 Å². The number of primary amides is 1. The molecule has 0 aliphatic heterocycles. The van der Waals surface area contributed by atoms with Gasteiger partial charge in [-0.05, 0) is 12.1 Å². The maximum Gasteiger partial charge on any atom is 0.283 e. The highest BCUT2D eigenvalue weighted by atomic mass is 35.5. The first-order valence-electron chi connectivity index (χ1n) is 4.42. The van der Waals surface area contributed by atoms with Gasteiger partial charge in [0.1, 0.15) is 5.56 Å². The summed E-state index contributed by atoms with van der Waals surface area (Å²) in [5.41, 5.74) is 4.22. The van der Waals surface area contributed by atoms with Gasteiger partial charge in [0.25, 0.3) is 11.6 Å². The van der Waals surface area contributed by atoms with Gasteiger partial charge in [-0.15, -0.1) is 0 Å². The molecule has 1 aromatic rings. The van der Waals surface area contributed by atoms with Gasteiger partial charge in [0.05, 0.1) is 11.5 Å². The summed E-state index contributed by atoms with van der Waals surface area (Å²) in [6, 6.07) is 3.60. The Morgan fingerprint density at radius 1 is 1.47 bits per heavy atom. The van der Waals surface area contributed by atoms with Crippen molar-refractivity contribution >= 4 is 29.1 Å². The summed E-state index contributed by atoms with van der Waals surface area (Å²) in [6.45, 7) is -0.390. The number of nitrogens with one attached hydrogen (secondary N) is 1. The molecule has 0 saturated carbocycles. The molecule has 3 N–H and O–H groups in total. The number of halogens is 1. The first-order chi connectivity index (χ1) is 7.91. The zero-order chi connectivity index (χ0) is 13.0. The lowest BCUT2D eigenvalue weighted by Gasteiger charge is -2.03. The summed E-state index contributed by atoms with van der Waals surface area (Å²) in [6.07, 6.45) is 0. The monoisotopic (exact) mass is 257 g/mol. The van der Waals surface area contributed by atoms with Crippen molar-refractivity contribution in [2.75, 3.05) is 6.54 Å². The fourth-order valence-electron chi connectivity index (χ4n) is 1.11. The molecule has 0 aromatic heterocycles. The molecule has 17 heavy (non-hydrogen) atoms. The third kappa shape index (κ3) is 3.42. The average Bonchev–Trinajstić information content (AvgIpc) is 2.25. The van der Waals surface area contributed by atoms with Crippen molar-refractivity contribution in [3.05, 3.63) is 38.9 Å². The molecule has 7 nitrogen and oxygen atoms in total. The summed E-state index contributed by atoms with van der Waals surface area (Å²) in [4.78, 5) is 31.9. The smallest absolute Gasteiger partial charge is 0.283 e. The Kier molecular flexibility index (Phi) is 4.00. The molecule has 0 spiro atoms. The predicted molar refractivity (Wildman–Crippen MR) is 59.6 cm³/mol. The quantitative estimate of drug-likeness (QED) is 0.602. The van der Waals surface area contributed by atoms with Crippen molar-refractivity contribution in [3.63, 3.8) is 0 Å². The van der Waals surface area contributed by atoms with Crippen LogP contribution in [-0.4, -0.2) is 23.3 Å². The van der Waals surface area contributed by atoms with Crippen LogP contribution in [0.2, 0.25) is 5.02 Å². The zero-order valence-corrected chi connectivity index (χ0v) is 9.23. The molecule has 0 atom stereocenters. The fourth-order valence-corrected chi connectivity index (χ4v) is 1.28. The molecule has 1 rings (SSSR count). The van der Waals surface area contributed by atoms with E-state index in [-0.39, 0.29) is 10.6 Å². The summed E-state index contributed by atoms with van der Waals surface area (Å²) < 4.78 is 0. The van der Waals surface area contributed by atoms with Gasteiger partial charge in [0, 0.05) is 11.1 Å². The van der Waals surface area contributed by atoms with E-state index >= 15 is 0 Å². The molecular formula is C9H8ClN3O4. The van der Waals surface area contributed by atoms with Gasteiger partial charge < -0.3 is 11.1 Å². The molecule has 0 fully saturated rings. The minimum Gasteiger partial charge on any atom is -0.368 e. The molecular weight excluding hydrogens is 250 g/mol. The molecule has 0 aliphatic rings. The van der Waals surface area contributed by atoms with Crippen molar-refractivity contribution in [3.8, 4) is 0 Å². The van der Waals surface area contributed by atoms with Gasteiger partial charge in [-0.3, -0.25) is 19.7 Å². The van der Waals surface area contributed by atoms with E-state index in [1.165, 1.54) is 12.1 Å². The van der Waals surface area contributed by atoms with Crippen molar-refractivity contribution in [2.45, 2.75) is 0 Å². The topological polar surface area (TPSA) is 115 Å². The van der Waals surface area contributed by atoms with Crippen molar-refractivity contribution in [2.24, 2.45) is 5.73 Å². The number of carbonyl (C=O) groups excluding carboxylic acids is 2. The molecule has 1 aromatic carbocycles. The Hall–Kier alpha value is -2.15. The van der Waals surface area contributed by atoms with Gasteiger partial charge in [-0.1, -0.05) is 11.6 Å². The number of hydrogen-bond acceptors (Lipinski definition) is 4. The Morgan fingerprint density at radius 3 is 2.65 bits per heavy atom. The molecule has 0 radical (unpaired) electrons. The van der Waals surface area contributed by atoms with Crippen LogP contribution in [0.1, 0.15) is 10.4 Å². The molecule has 0 heterocycles. The van der Waals surface area contributed by atoms with Gasteiger partial charge >= 0.3 is 0 Å². The van der Waals surface area contributed by atoms with Gasteiger partial charge in [-0.25, -0.2) is 0 Å². The molecule has 8 heteroatoms. The van der Waals surface area contributed by atoms with E-state index in [0.717, 1.165) is 6.07 Å². The van der Waals surface area contributed by atoms with E-state index in [2.05, 4.69) is 5.32 Å². The van der Waals surface area contributed by atoms with E-state index in [0.29, 0.717) is 0 Å². The molecule has 0 bridgehead atoms. The second-order valence-corrected chi connectivity index (χ2v) is 3.50. The lowest BCUT2D eigenvalue weighted by atomic mass is 10.1. The van der Waals surface area contributed by atoms with E-state index in [1.807, 2.05) is 0 Å². The molecule has 2 amide bonds. The molecule has 0 saturated heterocycles. The molecule has 0 unspecified atom stereocenters. The summed E-state index contributed by atoms with van der Waals surface area (Å²) in [7, 11) is 0. The Morgan fingerprint density at radius 2 is 2.12 bits per heavy atom. The number of nitrogens with zero attached hydrogens (tertiary/aromatic N) is 1. The third-order valence-corrected chi connectivity index (χ3v) is 2.06. The van der Waals surface area contributed by atoms with E-state index in [4.69, 9.17) is 17.3 Å². The van der Waals surface area contributed by atoms with Gasteiger partial charge in [-0.2, -0.15) is 0 Å². The standard InChI is InChI=1S/C9H8ClN3O4/c10-5-1-2-6(7(3-5)13(16)17)9(15)12-4-8(11)14/h1-3H,4H2,(H2,11,14)(H,12,15). The van der Waals surface area contributed by atoms with Crippen molar-refractivity contribution in [1.29, 1.82) is 0 Å².